The van der Waals surface area contributed by atoms with E-state index in [-0.39, 0.29) is 6.04 Å². The average Bonchev–Trinajstić information content (AvgIpc) is 3.21. The number of nitrogens with zero attached hydrogens (tertiary/aromatic N) is 1. The molecule has 1 aliphatic carbocycles. The number of rotatable bonds is 5. The summed E-state index contributed by atoms with van der Waals surface area (Å²) in [5.41, 5.74) is -0.598. The van der Waals surface area contributed by atoms with Crippen molar-refractivity contribution in [2.45, 2.75) is 37.1 Å². The Labute approximate surface area is 121 Å². The van der Waals surface area contributed by atoms with Gasteiger partial charge in [0, 0.05) is 12.6 Å². The number of primary sulfonamides is 1. The van der Waals surface area contributed by atoms with Crippen molar-refractivity contribution in [3.8, 4) is 0 Å². The van der Waals surface area contributed by atoms with Crippen LogP contribution in [0, 0.1) is 11.6 Å². The zero-order chi connectivity index (χ0) is 15.8. The maximum atomic E-state index is 13.8. The molecule has 1 aromatic carbocycles. The van der Waals surface area contributed by atoms with Crippen molar-refractivity contribution in [2.75, 3.05) is 6.54 Å². The zero-order valence-electron chi connectivity index (χ0n) is 11.5. The van der Waals surface area contributed by atoms with Gasteiger partial charge in [-0.3, -0.25) is 4.79 Å². The van der Waals surface area contributed by atoms with Crippen molar-refractivity contribution in [1.29, 1.82) is 0 Å². The topological polar surface area (TPSA) is 80.5 Å². The molecule has 1 aromatic rings. The van der Waals surface area contributed by atoms with Crippen molar-refractivity contribution < 1.29 is 22.0 Å². The average molecular weight is 318 g/mol. The van der Waals surface area contributed by atoms with Crippen molar-refractivity contribution in [3.63, 3.8) is 0 Å². The van der Waals surface area contributed by atoms with Crippen LogP contribution in [-0.4, -0.2) is 31.8 Å². The quantitative estimate of drug-likeness (QED) is 0.896. The maximum Gasteiger partial charge on any atom is 0.257 e. The van der Waals surface area contributed by atoms with Gasteiger partial charge in [0.1, 0.15) is 0 Å². The lowest BCUT2D eigenvalue weighted by molar-refractivity contribution is 0.0737. The first-order valence-corrected chi connectivity index (χ1v) is 8.13. The van der Waals surface area contributed by atoms with Crippen molar-refractivity contribution in [2.24, 2.45) is 5.14 Å². The number of hydrogen-bond donors (Lipinski definition) is 1. The number of carbonyl (C=O) groups excluding carboxylic acids is 1. The summed E-state index contributed by atoms with van der Waals surface area (Å²) in [6, 6.07) is 1.28. The Bertz CT molecular complexity index is 672. The third-order valence-corrected chi connectivity index (χ3v) is 4.17. The summed E-state index contributed by atoms with van der Waals surface area (Å²) in [7, 11) is -4.22. The van der Waals surface area contributed by atoms with Crippen molar-refractivity contribution >= 4 is 15.9 Å². The molecule has 5 nitrogen and oxygen atoms in total. The van der Waals surface area contributed by atoms with Crippen LogP contribution in [0.5, 0.6) is 0 Å². The third kappa shape index (κ3) is 3.38. The molecule has 21 heavy (non-hydrogen) atoms. The molecule has 0 saturated heterocycles. The smallest absolute Gasteiger partial charge is 0.257 e. The molecule has 0 atom stereocenters. The first-order chi connectivity index (χ1) is 9.75. The summed E-state index contributed by atoms with van der Waals surface area (Å²) in [6.45, 7) is 2.27. The molecule has 2 rings (SSSR count). The van der Waals surface area contributed by atoms with E-state index < -0.39 is 38.0 Å². The molecule has 0 bridgehead atoms. The van der Waals surface area contributed by atoms with Gasteiger partial charge in [0.15, 0.2) is 11.6 Å². The molecule has 1 fully saturated rings. The molecule has 1 saturated carbocycles. The Balaban J connectivity index is 2.46. The van der Waals surface area contributed by atoms with Crippen LogP contribution in [0.25, 0.3) is 0 Å². The van der Waals surface area contributed by atoms with E-state index in [0.717, 1.165) is 18.9 Å². The van der Waals surface area contributed by atoms with Crippen LogP contribution < -0.4 is 5.14 Å². The molecule has 0 spiro atoms. The Kier molecular flexibility index (Phi) is 4.29. The molecule has 2 N–H and O–H groups in total. The van der Waals surface area contributed by atoms with Gasteiger partial charge in [-0.2, -0.15) is 0 Å². The Morgan fingerprint density at radius 3 is 2.48 bits per heavy atom. The van der Waals surface area contributed by atoms with Gasteiger partial charge < -0.3 is 4.90 Å². The second kappa shape index (κ2) is 5.69. The fraction of sp³-hybridized carbons (Fsp3) is 0.462. The molecule has 116 valence electrons. The zero-order valence-corrected chi connectivity index (χ0v) is 12.3. The lowest BCUT2D eigenvalue weighted by atomic mass is 10.1. The fourth-order valence-electron chi connectivity index (χ4n) is 2.12. The number of halogens is 2. The lowest BCUT2D eigenvalue weighted by Gasteiger charge is -2.22. The van der Waals surface area contributed by atoms with Gasteiger partial charge in [-0.1, -0.05) is 6.92 Å². The first-order valence-electron chi connectivity index (χ1n) is 6.58. The highest BCUT2D eigenvalue weighted by atomic mass is 32.2. The Morgan fingerprint density at radius 2 is 2.00 bits per heavy atom. The Hall–Kier alpha value is -1.54. The van der Waals surface area contributed by atoms with E-state index in [0.29, 0.717) is 19.0 Å². The van der Waals surface area contributed by atoms with E-state index in [1.54, 1.807) is 0 Å². The number of benzene rings is 1. The minimum absolute atomic E-state index is 0.0121. The maximum absolute atomic E-state index is 13.8. The molecule has 0 radical (unpaired) electrons. The molecule has 0 aromatic heterocycles. The van der Waals surface area contributed by atoms with Gasteiger partial charge >= 0.3 is 0 Å². The van der Waals surface area contributed by atoms with E-state index in [1.165, 1.54) is 4.90 Å². The minimum atomic E-state index is -4.22. The number of nitrogens with two attached hydrogens (primary N) is 1. The summed E-state index contributed by atoms with van der Waals surface area (Å²) in [5, 5.41) is 4.91. The summed E-state index contributed by atoms with van der Waals surface area (Å²) in [5.74, 6) is -3.47. The second-order valence-corrected chi connectivity index (χ2v) is 6.60. The van der Waals surface area contributed by atoms with Gasteiger partial charge in [0.2, 0.25) is 10.0 Å². The van der Waals surface area contributed by atoms with Gasteiger partial charge in [0.25, 0.3) is 5.91 Å². The molecular formula is C13H16F2N2O3S. The molecule has 1 aliphatic rings. The lowest BCUT2D eigenvalue weighted by Crippen LogP contribution is -2.34. The van der Waals surface area contributed by atoms with Gasteiger partial charge in [-0.25, -0.2) is 22.3 Å². The molecule has 0 aliphatic heterocycles. The summed E-state index contributed by atoms with van der Waals surface area (Å²) in [6.07, 6.45) is 2.29. The predicted octanol–water partition coefficient (Wildman–Crippen LogP) is 1.63. The molecule has 1 amide bonds. The Morgan fingerprint density at radius 1 is 1.38 bits per heavy atom. The molecule has 0 unspecified atom stereocenters. The molecular weight excluding hydrogens is 302 g/mol. The number of amides is 1. The van der Waals surface area contributed by atoms with Gasteiger partial charge in [-0.15, -0.1) is 0 Å². The predicted molar refractivity (Wildman–Crippen MR) is 72.1 cm³/mol. The normalized spacial score (nSPS) is 15.0. The van der Waals surface area contributed by atoms with Crippen LogP contribution in [0.2, 0.25) is 0 Å². The fourth-order valence-corrected chi connectivity index (χ4v) is 2.67. The monoisotopic (exact) mass is 318 g/mol. The van der Waals surface area contributed by atoms with Crippen molar-refractivity contribution in [1.82, 2.24) is 4.90 Å². The van der Waals surface area contributed by atoms with E-state index >= 15 is 0 Å². The largest absolute Gasteiger partial charge is 0.336 e. The highest BCUT2D eigenvalue weighted by Gasteiger charge is 2.34. The SMILES string of the molecule is CCCN(C(=O)c1cc(S(N)(=O)=O)cc(F)c1F)C1CC1. The van der Waals surface area contributed by atoms with Gasteiger partial charge in [0.05, 0.1) is 10.5 Å². The highest BCUT2D eigenvalue weighted by Crippen LogP contribution is 2.29. The van der Waals surface area contributed by atoms with Gasteiger partial charge in [-0.05, 0) is 31.4 Å². The van der Waals surface area contributed by atoms with Crippen LogP contribution >= 0.6 is 0 Å². The third-order valence-electron chi connectivity index (χ3n) is 3.27. The standard InChI is InChI=1S/C13H16F2N2O3S/c1-2-5-17(8-3-4-8)13(18)10-6-9(21(16,19)20)7-11(14)12(10)15/h6-8H,2-5H2,1H3,(H2,16,19,20). The minimum Gasteiger partial charge on any atom is -0.336 e. The van der Waals surface area contributed by atoms with Crippen LogP contribution in [0.3, 0.4) is 0 Å². The van der Waals surface area contributed by atoms with E-state index in [9.17, 15) is 22.0 Å². The molecule has 8 heteroatoms. The van der Waals surface area contributed by atoms with Crippen LogP contribution in [0.1, 0.15) is 36.5 Å². The van der Waals surface area contributed by atoms with E-state index in [1.807, 2.05) is 6.92 Å². The summed E-state index contributed by atoms with van der Waals surface area (Å²) < 4.78 is 49.9. The first kappa shape index (κ1) is 15.8. The summed E-state index contributed by atoms with van der Waals surface area (Å²) in [4.78, 5) is 13.2. The summed E-state index contributed by atoms with van der Waals surface area (Å²) >= 11 is 0. The van der Waals surface area contributed by atoms with Crippen LogP contribution in [-0.2, 0) is 10.0 Å². The second-order valence-electron chi connectivity index (χ2n) is 5.04. The number of hydrogen-bond acceptors (Lipinski definition) is 3. The van der Waals surface area contributed by atoms with E-state index in [4.69, 9.17) is 5.14 Å². The number of carbonyl (C=O) groups is 1. The highest BCUT2D eigenvalue weighted by molar-refractivity contribution is 7.89. The van der Waals surface area contributed by atoms with Crippen LogP contribution in [0.4, 0.5) is 8.78 Å². The van der Waals surface area contributed by atoms with E-state index in [2.05, 4.69) is 0 Å². The van der Waals surface area contributed by atoms with Crippen molar-refractivity contribution in [3.05, 3.63) is 29.3 Å². The molecule has 0 heterocycles. The number of sulfonamides is 1. The van der Waals surface area contributed by atoms with Crippen LogP contribution in [0.15, 0.2) is 17.0 Å².